The van der Waals surface area contributed by atoms with Crippen molar-refractivity contribution in [3.8, 4) is 55.6 Å². The van der Waals surface area contributed by atoms with E-state index in [4.69, 9.17) is 11.0 Å². The van der Waals surface area contributed by atoms with Crippen molar-refractivity contribution in [3.05, 3.63) is 200 Å². The topological polar surface area (TPSA) is 0 Å². The van der Waals surface area contributed by atoms with E-state index < -0.39 is 117 Å². The third-order valence-corrected chi connectivity index (χ3v) is 13.1. The van der Waals surface area contributed by atoms with Crippen molar-refractivity contribution < 1.29 is 24.7 Å². The Morgan fingerprint density at radius 3 is 1.55 bits per heavy atom. The Kier molecular flexibility index (Phi) is 4.75. The van der Waals surface area contributed by atoms with Gasteiger partial charge < -0.3 is 0 Å². The molecular formula is C57H42Si. The summed E-state index contributed by atoms with van der Waals surface area (Å²) in [7, 11) is -2.26. The van der Waals surface area contributed by atoms with Gasteiger partial charge in [0.05, 0.1) is 32.7 Å². The van der Waals surface area contributed by atoms with E-state index in [-0.39, 0.29) is 65.3 Å². The Balaban J connectivity index is 1.42. The summed E-state index contributed by atoms with van der Waals surface area (Å²) < 4.78 is 166. The summed E-state index contributed by atoms with van der Waals surface area (Å²) in [4.78, 5) is 0. The summed E-state index contributed by atoms with van der Waals surface area (Å²) in [5.41, 5.74) is 2.87. The molecule has 0 amide bonds. The molecule has 0 saturated heterocycles. The van der Waals surface area contributed by atoms with Crippen molar-refractivity contribution in [2.24, 2.45) is 0 Å². The molecule has 0 bridgehead atoms. The molecule has 11 aromatic carbocycles. The average Bonchev–Trinajstić information content (AvgIpc) is 3.54. The fourth-order valence-corrected chi connectivity index (χ4v) is 9.47. The zero-order valence-electron chi connectivity index (χ0n) is 49.7. The third kappa shape index (κ3) is 5.50. The molecule has 0 aliphatic carbocycles. The number of hydrogen-bond donors (Lipinski definition) is 0. The molecule has 11 rings (SSSR count). The highest BCUT2D eigenvalue weighted by molar-refractivity contribution is 6.88. The first-order valence-corrected chi connectivity index (χ1v) is 22.5. The number of benzene rings is 11. The zero-order chi connectivity index (χ0) is 54.6. The number of hydrogen-bond acceptors (Lipinski definition) is 0. The first-order valence-electron chi connectivity index (χ1n) is 28.0. The molecule has 0 spiro atoms. The number of fused-ring (bicyclic) bond motifs is 2. The van der Waals surface area contributed by atoms with Gasteiger partial charge in [0.25, 0.3) is 0 Å². The van der Waals surface area contributed by atoms with Gasteiger partial charge in [-0.1, -0.05) is 212 Å². The van der Waals surface area contributed by atoms with Crippen LogP contribution < -0.4 is 5.19 Å². The SMILES string of the molecule is [2H]c1c([2H])c([2H])c(-c2c3cc([Si](C)(C)C)ccc3c(-c3c(-c4ccccc4)cc(-c4c([2H])c([2H])c5c([2H])c([2H])c6c([2H])c([2H])c([2H])c7c([2H])c([2H])c4c5c67)cc3-c3ccccc3)c3c([2H])c([2H])c([2H])c([2H])c23)c([2H])c1[2H]. The van der Waals surface area contributed by atoms with Crippen molar-refractivity contribution in [1.29, 1.82) is 0 Å². The maximum Gasteiger partial charge on any atom is 0.0776 e. The fourth-order valence-electron chi connectivity index (χ4n) is 8.31. The Hall–Kier alpha value is -6.80. The van der Waals surface area contributed by atoms with Crippen LogP contribution in [0.4, 0.5) is 0 Å². The summed E-state index contributed by atoms with van der Waals surface area (Å²) in [6, 6.07) is 17.8. The van der Waals surface area contributed by atoms with E-state index in [1.807, 2.05) is 78.9 Å². The minimum atomic E-state index is -2.26. The zero-order valence-corrected chi connectivity index (χ0v) is 32.7. The van der Waals surface area contributed by atoms with Gasteiger partial charge in [-0.2, -0.15) is 0 Å². The maximum absolute atomic E-state index is 9.88. The summed E-state index contributed by atoms with van der Waals surface area (Å²) >= 11 is 0. The van der Waals surface area contributed by atoms with E-state index in [1.54, 1.807) is 12.1 Å². The van der Waals surface area contributed by atoms with Crippen molar-refractivity contribution in [3.63, 3.8) is 0 Å². The Morgan fingerprint density at radius 2 is 0.914 bits per heavy atom. The summed E-state index contributed by atoms with van der Waals surface area (Å²) in [5.74, 6) is 0. The molecule has 0 atom stereocenters. The predicted octanol–water partition coefficient (Wildman–Crippen LogP) is 15.8. The highest BCUT2D eigenvalue weighted by Gasteiger charge is 2.26. The quantitative estimate of drug-likeness (QED) is 0.0897. The minimum absolute atomic E-state index is 0.0000916. The third-order valence-electron chi connectivity index (χ3n) is 11.0. The molecule has 0 aromatic heterocycles. The molecule has 0 aliphatic heterocycles. The molecule has 0 nitrogen and oxygen atoms in total. The first kappa shape index (κ1) is 20.6. The average molecular weight is 773 g/mol. The van der Waals surface area contributed by atoms with E-state index in [1.165, 1.54) is 0 Å². The molecule has 58 heavy (non-hydrogen) atoms. The lowest BCUT2D eigenvalue weighted by Crippen LogP contribution is -2.37. The molecule has 0 heterocycles. The highest BCUT2D eigenvalue weighted by Crippen LogP contribution is 2.51. The van der Waals surface area contributed by atoms with Gasteiger partial charge in [0, 0.05) is 0 Å². The molecule has 0 aliphatic rings. The van der Waals surface area contributed by atoms with Gasteiger partial charge in [-0.15, -0.1) is 0 Å². The molecule has 11 aromatic rings. The van der Waals surface area contributed by atoms with E-state index in [0.717, 1.165) is 5.19 Å². The van der Waals surface area contributed by atoms with Crippen LogP contribution in [-0.2, 0) is 0 Å². The van der Waals surface area contributed by atoms with Crippen LogP contribution in [0.3, 0.4) is 0 Å². The largest absolute Gasteiger partial charge is 0.0776 e. The van der Waals surface area contributed by atoms with Crippen LogP contribution in [0, 0.1) is 0 Å². The van der Waals surface area contributed by atoms with Crippen LogP contribution in [0.2, 0.25) is 19.6 Å². The van der Waals surface area contributed by atoms with Gasteiger partial charge in [-0.25, -0.2) is 0 Å². The lowest BCUT2D eigenvalue weighted by atomic mass is 9.79. The molecule has 0 N–H and O–H groups in total. The lowest BCUT2D eigenvalue weighted by Gasteiger charge is -2.25. The first-order chi connectivity index (χ1) is 35.9. The van der Waals surface area contributed by atoms with Gasteiger partial charge in [0.15, 0.2) is 0 Å². The van der Waals surface area contributed by atoms with Crippen LogP contribution in [-0.4, -0.2) is 8.07 Å². The highest BCUT2D eigenvalue weighted by atomic mass is 28.3. The smallest absolute Gasteiger partial charge is 0.0656 e. The molecule has 0 radical (unpaired) electrons. The van der Waals surface area contributed by atoms with Crippen LogP contribution in [0.1, 0.15) is 24.7 Å². The maximum atomic E-state index is 9.88. The summed E-state index contributed by atoms with van der Waals surface area (Å²) in [6.45, 7) is 6.38. The molecule has 0 unspecified atom stereocenters. The summed E-state index contributed by atoms with van der Waals surface area (Å²) in [5, 5.41) is 1.05. The van der Waals surface area contributed by atoms with E-state index in [2.05, 4.69) is 19.6 Å². The fraction of sp³-hybridized carbons (Fsp3) is 0.0526. The molecule has 274 valence electrons. The summed E-state index contributed by atoms with van der Waals surface area (Å²) in [6.07, 6.45) is 0. The van der Waals surface area contributed by atoms with Gasteiger partial charge in [0.2, 0.25) is 0 Å². The van der Waals surface area contributed by atoms with Crippen LogP contribution >= 0.6 is 0 Å². The second-order valence-electron chi connectivity index (χ2n) is 15.4. The van der Waals surface area contributed by atoms with E-state index in [0.29, 0.717) is 44.2 Å². The lowest BCUT2D eigenvalue weighted by molar-refractivity contribution is 1.57. The monoisotopic (exact) mass is 772 g/mol. The molecule has 0 fully saturated rings. The second-order valence-corrected chi connectivity index (χ2v) is 20.5. The second kappa shape index (κ2) is 13.4. The van der Waals surface area contributed by atoms with Crippen molar-refractivity contribution >= 4 is 67.1 Å². The van der Waals surface area contributed by atoms with E-state index >= 15 is 0 Å². The van der Waals surface area contributed by atoms with Gasteiger partial charge in [-0.3, -0.25) is 0 Å². The van der Waals surface area contributed by atoms with Crippen molar-refractivity contribution in [2.75, 3.05) is 0 Å². The van der Waals surface area contributed by atoms with Crippen LogP contribution in [0.15, 0.2) is 200 Å². The van der Waals surface area contributed by atoms with Crippen molar-refractivity contribution in [2.45, 2.75) is 19.6 Å². The molecular weight excluding hydrogens is 713 g/mol. The molecule has 0 saturated carbocycles. The van der Waals surface area contributed by atoms with Gasteiger partial charge >= 0.3 is 0 Å². The standard InChI is InChI=1S/C57H42Si/c1-58(2,3)44-30-33-49-52(36-44)54(39-20-11-6-12-21-39)46-24-13-14-25-47(46)56(49)57-50(37-16-7-4-8-17-37)34-43(35-51(57)38-18-9-5-10-19-38)45-31-28-42-27-26-40-22-15-23-41-29-32-48(45)55(42)53(40)41/h4-36H,1-3H3/i6D,11D,12D,13D,14D,15D,20D,21D,22D,23D,24D,25D,26D,27D,28D,29D,31D,32D. The predicted molar refractivity (Wildman–Crippen MR) is 255 cm³/mol. The normalized spacial score (nSPS) is 16.4. The number of rotatable bonds is 6. The van der Waals surface area contributed by atoms with Gasteiger partial charge in [-0.05, 0) is 122 Å². The van der Waals surface area contributed by atoms with Crippen LogP contribution in [0.5, 0.6) is 0 Å². The van der Waals surface area contributed by atoms with Crippen molar-refractivity contribution in [1.82, 2.24) is 0 Å². The van der Waals surface area contributed by atoms with Crippen LogP contribution in [0.25, 0.3) is 109 Å². The molecule has 1 heteroatoms. The Morgan fingerprint density at radius 1 is 0.345 bits per heavy atom. The minimum Gasteiger partial charge on any atom is -0.0656 e. The Labute approximate surface area is 366 Å². The Bertz CT molecular complexity index is 4280. The van der Waals surface area contributed by atoms with E-state index in [9.17, 15) is 13.7 Å². The van der Waals surface area contributed by atoms with Gasteiger partial charge in [0.1, 0.15) is 0 Å².